The van der Waals surface area contributed by atoms with Gasteiger partial charge in [-0.05, 0) is 50.3 Å². The number of benzene rings is 1. The van der Waals surface area contributed by atoms with Crippen molar-refractivity contribution in [2.24, 2.45) is 0 Å². The van der Waals surface area contributed by atoms with Crippen molar-refractivity contribution in [3.63, 3.8) is 0 Å². The fourth-order valence-electron chi connectivity index (χ4n) is 4.03. The molecule has 0 spiro atoms. The average molecular weight is 369 g/mol. The van der Waals surface area contributed by atoms with Gasteiger partial charge in [0.1, 0.15) is 5.82 Å². The SMILES string of the molecule is Cc1nn2ccccc2c1-c1nc2c(c(NCc3ccccc3)n1)CCCC2. The van der Waals surface area contributed by atoms with Crippen LogP contribution in [0.25, 0.3) is 16.9 Å². The smallest absolute Gasteiger partial charge is 0.165 e. The number of hydrogen-bond acceptors (Lipinski definition) is 4. The van der Waals surface area contributed by atoms with Crippen LogP contribution in [0.4, 0.5) is 5.82 Å². The van der Waals surface area contributed by atoms with Crippen molar-refractivity contribution in [3.8, 4) is 11.4 Å². The van der Waals surface area contributed by atoms with Gasteiger partial charge in [0, 0.05) is 24.0 Å². The Kier molecular flexibility index (Phi) is 4.28. The van der Waals surface area contributed by atoms with Gasteiger partial charge < -0.3 is 5.32 Å². The Morgan fingerprint density at radius 1 is 0.964 bits per heavy atom. The molecule has 1 aliphatic carbocycles. The summed E-state index contributed by atoms with van der Waals surface area (Å²) in [5.41, 5.74) is 6.73. The molecule has 4 aromatic rings. The van der Waals surface area contributed by atoms with Gasteiger partial charge in [0.2, 0.25) is 0 Å². The van der Waals surface area contributed by atoms with Crippen molar-refractivity contribution < 1.29 is 0 Å². The highest BCUT2D eigenvalue weighted by atomic mass is 15.2. The summed E-state index contributed by atoms with van der Waals surface area (Å²) >= 11 is 0. The summed E-state index contributed by atoms with van der Waals surface area (Å²) in [4.78, 5) is 9.96. The second-order valence-corrected chi connectivity index (χ2v) is 7.36. The zero-order valence-corrected chi connectivity index (χ0v) is 16.0. The molecule has 0 saturated heterocycles. The monoisotopic (exact) mass is 369 g/mol. The Morgan fingerprint density at radius 2 is 1.79 bits per heavy atom. The number of aryl methyl sites for hydroxylation is 2. The van der Waals surface area contributed by atoms with Crippen LogP contribution in [0.2, 0.25) is 0 Å². The number of nitrogens with one attached hydrogen (secondary N) is 1. The van der Waals surface area contributed by atoms with Crippen LogP contribution >= 0.6 is 0 Å². The van der Waals surface area contributed by atoms with Crippen molar-refractivity contribution in [1.82, 2.24) is 19.6 Å². The zero-order chi connectivity index (χ0) is 18.9. The first-order valence-electron chi connectivity index (χ1n) is 9.91. The van der Waals surface area contributed by atoms with E-state index in [9.17, 15) is 0 Å². The van der Waals surface area contributed by atoms with Crippen molar-refractivity contribution in [2.45, 2.75) is 39.2 Å². The van der Waals surface area contributed by atoms with E-state index in [0.29, 0.717) is 0 Å². The van der Waals surface area contributed by atoms with Gasteiger partial charge in [-0.2, -0.15) is 5.10 Å². The molecule has 1 N–H and O–H groups in total. The molecule has 5 heteroatoms. The summed E-state index contributed by atoms with van der Waals surface area (Å²) < 4.78 is 1.91. The van der Waals surface area contributed by atoms with Crippen LogP contribution in [0.15, 0.2) is 54.7 Å². The van der Waals surface area contributed by atoms with Gasteiger partial charge in [0.15, 0.2) is 5.82 Å². The minimum absolute atomic E-state index is 0.761. The highest BCUT2D eigenvalue weighted by Gasteiger charge is 2.21. The minimum Gasteiger partial charge on any atom is -0.366 e. The van der Waals surface area contributed by atoms with E-state index >= 15 is 0 Å². The molecule has 0 bridgehead atoms. The molecule has 0 fully saturated rings. The molecule has 3 heterocycles. The summed E-state index contributed by atoms with van der Waals surface area (Å²) in [6.45, 7) is 2.79. The van der Waals surface area contributed by atoms with Crippen LogP contribution in [-0.2, 0) is 19.4 Å². The third kappa shape index (κ3) is 3.03. The second-order valence-electron chi connectivity index (χ2n) is 7.36. The first-order chi connectivity index (χ1) is 13.8. The summed E-state index contributed by atoms with van der Waals surface area (Å²) in [6, 6.07) is 16.6. The Bertz CT molecular complexity index is 1130. The molecule has 3 aromatic heterocycles. The van der Waals surface area contributed by atoms with Crippen molar-refractivity contribution >= 4 is 11.3 Å². The minimum atomic E-state index is 0.761. The van der Waals surface area contributed by atoms with E-state index < -0.39 is 0 Å². The van der Waals surface area contributed by atoms with Crippen molar-refractivity contribution in [3.05, 3.63) is 77.2 Å². The second kappa shape index (κ2) is 7.08. The molecule has 0 aliphatic heterocycles. The molecule has 0 saturated carbocycles. The maximum absolute atomic E-state index is 4.98. The number of nitrogens with zero attached hydrogens (tertiary/aromatic N) is 4. The summed E-state index contributed by atoms with van der Waals surface area (Å²) in [5.74, 6) is 1.74. The third-order valence-electron chi connectivity index (χ3n) is 5.42. The quantitative estimate of drug-likeness (QED) is 0.572. The Balaban J connectivity index is 1.60. The van der Waals surface area contributed by atoms with E-state index in [1.54, 1.807) is 0 Å². The summed E-state index contributed by atoms with van der Waals surface area (Å²) in [5, 5.41) is 8.22. The maximum Gasteiger partial charge on any atom is 0.165 e. The van der Waals surface area contributed by atoms with E-state index in [0.717, 1.165) is 47.8 Å². The Hall–Kier alpha value is -3.21. The van der Waals surface area contributed by atoms with Crippen LogP contribution in [0.1, 0.15) is 35.4 Å². The van der Waals surface area contributed by atoms with Crippen LogP contribution in [-0.4, -0.2) is 19.6 Å². The van der Waals surface area contributed by atoms with Crippen LogP contribution in [0, 0.1) is 6.92 Å². The molecule has 1 aliphatic rings. The third-order valence-corrected chi connectivity index (χ3v) is 5.42. The maximum atomic E-state index is 4.98. The molecule has 140 valence electrons. The number of hydrogen-bond donors (Lipinski definition) is 1. The van der Waals surface area contributed by atoms with Gasteiger partial charge >= 0.3 is 0 Å². The van der Waals surface area contributed by atoms with Crippen LogP contribution < -0.4 is 5.32 Å². The number of anilines is 1. The molecule has 5 rings (SSSR count). The molecule has 0 atom stereocenters. The van der Waals surface area contributed by atoms with Gasteiger partial charge in [0.25, 0.3) is 0 Å². The molecular formula is C23H23N5. The molecule has 0 radical (unpaired) electrons. The Morgan fingerprint density at radius 3 is 2.68 bits per heavy atom. The van der Waals surface area contributed by atoms with Gasteiger partial charge in [-0.25, -0.2) is 14.5 Å². The number of aromatic nitrogens is 4. The van der Waals surface area contributed by atoms with Gasteiger partial charge in [-0.1, -0.05) is 36.4 Å². The van der Waals surface area contributed by atoms with Crippen molar-refractivity contribution in [1.29, 1.82) is 0 Å². The molecule has 5 nitrogen and oxygen atoms in total. The lowest BCUT2D eigenvalue weighted by Crippen LogP contribution is -2.13. The number of rotatable bonds is 4. The van der Waals surface area contributed by atoms with E-state index in [1.807, 2.05) is 35.8 Å². The predicted molar refractivity (Wildman–Crippen MR) is 111 cm³/mol. The van der Waals surface area contributed by atoms with Crippen LogP contribution in [0.3, 0.4) is 0 Å². The van der Waals surface area contributed by atoms with E-state index in [-0.39, 0.29) is 0 Å². The number of fused-ring (bicyclic) bond motifs is 2. The van der Waals surface area contributed by atoms with Gasteiger partial charge in [-0.3, -0.25) is 0 Å². The summed E-state index contributed by atoms with van der Waals surface area (Å²) in [7, 11) is 0. The van der Waals surface area contributed by atoms with Gasteiger partial charge in [0.05, 0.1) is 16.8 Å². The van der Waals surface area contributed by atoms with Gasteiger partial charge in [-0.15, -0.1) is 0 Å². The highest BCUT2D eigenvalue weighted by Crippen LogP contribution is 2.31. The number of pyridine rings is 1. The fourth-order valence-corrected chi connectivity index (χ4v) is 4.03. The highest BCUT2D eigenvalue weighted by molar-refractivity contribution is 5.79. The molecule has 1 aromatic carbocycles. The molecule has 0 amide bonds. The zero-order valence-electron chi connectivity index (χ0n) is 16.0. The first kappa shape index (κ1) is 16.9. The topological polar surface area (TPSA) is 55.1 Å². The lowest BCUT2D eigenvalue weighted by atomic mass is 9.96. The lowest BCUT2D eigenvalue weighted by Gasteiger charge is -2.20. The largest absolute Gasteiger partial charge is 0.366 e. The first-order valence-corrected chi connectivity index (χ1v) is 9.91. The van der Waals surface area contributed by atoms with E-state index in [1.165, 1.54) is 29.7 Å². The molecule has 28 heavy (non-hydrogen) atoms. The van der Waals surface area contributed by atoms with E-state index in [2.05, 4.69) is 40.7 Å². The average Bonchev–Trinajstić information content (AvgIpc) is 3.08. The molecule has 0 unspecified atom stereocenters. The van der Waals surface area contributed by atoms with Crippen molar-refractivity contribution in [2.75, 3.05) is 5.32 Å². The molecular weight excluding hydrogens is 346 g/mol. The normalized spacial score (nSPS) is 13.5. The summed E-state index contributed by atoms with van der Waals surface area (Å²) in [6.07, 6.45) is 6.42. The standard InChI is InChI=1S/C23H23N5/c1-16-21(20-13-7-8-14-28(20)27-16)23-25-19-12-6-5-11-18(19)22(26-23)24-15-17-9-3-2-4-10-17/h2-4,7-10,13-14H,5-6,11-12,15H2,1H3,(H,24,25,26). The fraction of sp³-hybridized carbons (Fsp3) is 0.261. The predicted octanol–water partition coefficient (Wildman–Crippen LogP) is 4.59. The lowest BCUT2D eigenvalue weighted by molar-refractivity contribution is 0.664. The Labute approximate surface area is 164 Å². The van der Waals surface area contributed by atoms with Crippen LogP contribution in [0.5, 0.6) is 0 Å². The van der Waals surface area contributed by atoms with E-state index in [4.69, 9.17) is 9.97 Å².